The zero-order chi connectivity index (χ0) is 19.7. The minimum atomic E-state index is 0.00781. The Morgan fingerprint density at radius 3 is 2.32 bits per heavy atom. The molecule has 4 saturated carbocycles. The Morgan fingerprint density at radius 2 is 1.79 bits per heavy atom. The normalized spacial score (nSPS) is 31.4. The van der Waals surface area contributed by atoms with Crippen LogP contribution in [0.5, 0.6) is 0 Å². The molecule has 0 spiro atoms. The number of nitrogens with zero attached hydrogens (tertiary/aromatic N) is 2. The predicted molar refractivity (Wildman–Crippen MR) is 111 cm³/mol. The highest BCUT2D eigenvalue weighted by molar-refractivity contribution is 6.30. The molecule has 0 saturated heterocycles. The molecule has 0 aliphatic heterocycles. The quantitative estimate of drug-likeness (QED) is 0.722. The summed E-state index contributed by atoms with van der Waals surface area (Å²) in [4.78, 5) is 15.4. The number of amides is 1. The Bertz CT molecular complexity index is 719. The van der Waals surface area contributed by atoms with Crippen LogP contribution in [0.25, 0.3) is 0 Å². The van der Waals surface area contributed by atoms with Gasteiger partial charge in [0.15, 0.2) is 0 Å². The van der Waals surface area contributed by atoms with Gasteiger partial charge in [-0.05, 0) is 80.9 Å². The van der Waals surface area contributed by atoms with E-state index in [1.165, 1.54) is 19.3 Å². The second-order valence-electron chi connectivity index (χ2n) is 9.25. The van der Waals surface area contributed by atoms with E-state index in [0.29, 0.717) is 19.5 Å². The number of halogens is 1. The van der Waals surface area contributed by atoms with E-state index in [1.54, 1.807) is 0 Å². The van der Waals surface area contributed by atoms with Crippen LogP contribution in [0.15, 0.2) is 24.3 Å². The monoisotopic (exact) mass is 399 g/mol. The SMILES string of the molecule is C[C@@H](NCC(=O)N(CCC#N)C12CC3CC(CC(C3)C1)C2)c1ccc(Cl)cc1. The molecule has 4 aliphatic rings. The number of nitrogens with one attached hydrogen (secondary N) is 1. The number of carbonyl (C=O) groups is 1. The van der Waals surface area contributed by atoms with Crippen molar-refractivity contribution in [3.8, 4) is 6.07 Å². The maximum Gasteiger partial charge on any atom is 0.237 e. The molecule has 5 rings (SSSR count). The van der Waals surface area contributed by atoms with Crippen LogP contribution < -0.4 is 5.32 Å². The summed E-state index contributed by atoms with van der Waals surface area (Å²) in [6.07, 6.45) is 7.90. The van der Waals surface area contributed by atoms with Crippen LogP contribution in [0.2, 0.25) is 5.02 Å². The molecule has 4 aliphatic carbocycles. The van der Waals surface area contributed by atoms with Crippen molar-refractivity contribution in [1.29, 1.82) is 5.26 Å². The van der Waals surface area contributed by atoms with Crippen molar-refractivity contribution in [2.75, 3.05) is 13.1 Å². The van der Waals surface area contributed by atoms with Crippen molar-refractivity contribution in [2.45, 2.75) is 63.5 Å². The lowest BCUT2D eigenvalue weighted by molar-refractivity contribution is -0.149. The number of nitriles is 1. The Morgan fingerprint density at radius 1 is 1.21 bits per heavy atom. The molecular weight excluding hydrogens is 370 g/mol. The maximum atomic E-state index is 13.3. The zero-order valence-electron chi connectivity index (χ0n) is 16.7. The van der Waals surface area contributed by atoms with Gasteiger partial charge in [0, 0.05) is 23.1 Å². The third-order valence-electron chi connectivity index (χ3n) is 7.26. The lowest BCUT2D eigenvalue weighted by atomic mass is 9.52. The highest BCUT2D eigenvalue weighted by Crippen LogP contribution is 2.57. The first-order valence-corrected chi connectivity index (χ1v) is 11.0. The summed E-state index contributed by atoms with van der Waals surface area (Å²) in [7, 11) is 0. The molecule has 4 bridgehead atoms. The van der Waals surface area contributed by atoms with Crippen LogP contribution in [0.1, 0.15) is 63.5 Å². The second kappa shape index (κ2) is 8.05. The lowest BCUT2D eigenvalue weighted by Crippen LogP contribution is -2.62. The highest BCUT2D eigenvalue weighted by atomic mass is 35.5. The Hall–Kier alpha value is -1.57. The second-order valence-corrected chi connectivity index (χ2v) is 9.69. The molecule has 28 heavy (non-hydrogen) atoms. The summed E-state index contributed by atoms with van der Waals surface area (Å²) >= 11 is 5.98. The molecular formula is C23H30ClN3O. The first-order valence-electron chi connectivity index (χ1n) is 10.7. The fraction of sp³-hybridized carbons (Fsp3) is 0.652. The first kappa shape index (κ1) is 19.7. The van der Waals surface area contributed by atoms with Gasteiger partial charge in [-0.25, -0.2) is 0 Å². The van der Waals surface area contributed by atoms with Crippen LogP contribution >= 0.6 is 11.6 Å². The van der Waals surface area contributed by atoms with Crippen LogP contribution in [0.3, 0.4) is 0 Å². The summed E-state index contributed by atoms with van der Waals surface area (Å²) < 4.78 is 0. The predicted octanol–water partition coefficient (Wildman–Crippen LogP) is 4.70. The van der Waals surface area contributed by atoms with Gasteiger partial charge in [-0.3, -0.25) is 4.79 Å². The largest absolute Gasteiger partial charge is 0.335 e. The highest BCUT2D eigenvalue weighted by Gasteiger charge is 2.54. The number of carbonyl (C=O) groups excluding carboxylic acids is 1. The molecule has 1 atom stereocenters. The van der Waals surface area contributed by atoms with Gasteiger partial charge in [0.1, 0.15) is 0 Å². The summed E-state index contributed by atoms with van der Waals surface area (Å²) in [5.74, 6) is 2.50. The minimum Gasteiger partial charge on any atom is -0.335 e. The van der Waals surface area contributed by atoms with Gasteiger partial charge in [-0.2, -0.15) is 5.26 Å². The summed E-state index contributed by atoms with van der Waals surface area (Å²) in [5, 5.41) is 13.3. The van der Waals surface area contributed by atoms with Crippen molar-refractivity contribution in [2.24, 2.45) is 17.8 Å². The van der Waals surface area contributed by atoms with Crippen molar-refractivity contribution in [1.82, 2.24) is 10.2 Å². The van der Waals surface area contributed by atoms with E-state index in [0.717, 1.165) is 47.6 Å². The van der Waals surface area contributed by atoms with Crippen molar-refractivity contribution in [3.05, 3.63) is 34.9 Å². The third-order valence-corrected chi connectivity index (χ3v) is 7.51. The fourth-order valence-electron chi connectivity index (χ4n) is 6.39. The summed E-state index contributed by atoms with van der Waals surface area (Å²) in [6, 6.07) is 10.1. The van der Waals surface area contributed by atoms with E-state index in [1.807, 2.05) is 24.3 Å². The molecule has 0 heterocycles. The smallest absolute Gasteiger partial charge is 0.237 e. The molecule has 0 aromatic heterocycles. The van der Waals surface area contributed by atoms with Crippen molar-refractivity contribution in [3.63, 3.8) is 0 Å². The molecule has 0 radical (unpaired) electrons. The molecule has 1 aromatic rings. The Balaban J connectivity index is 1.44. The van der Waals surface area contributed by atoms with Crippen LogP contribution in [-0.2, 0) is 4.79 Å². The summed E-state index contributed by atoms with van der Waals surface area (Å²) in [6.45, 7) is 2.95. The average molecular weight is 400 g/mol. The average Bonchev–Trinajstić information content (AvgIpc) is 2.65. The van der Waals surface area contributed by atoms with Gasteiger partial charge in [0.2, 0.25) is 5.91 Å². The van der Waals surface area contributed by atoms with Gasteiger partial charge in [-0.15, -0.1) is 0 Å². The Kier molecular flexibility index (Phi) is 5.67. The molecule has 4 nitrogen and oxygen atoms in total. The van der Waals surface area contributed by atoms with Crippen molar-refractivity contribution >= 4 is 17.5 Å². The van der Waals surface area contributed by atoms with Crippen LogP contribution in [-0.4, -0.2) is 29.4 Å². The number of hydrogen-bond donors (Lipinski definition) is 1. The fourth-order valence-corrected chi connectivity index (χ4v) is 6.51. The van der Waals surface area contributed by atoms with Crippen LogP contribution in [0, 0.1) is 29.1 Å². The molecule has 1 aromatic carbocycles. The third kappa shape index (κ3) is 3.93. The molecule has 1 amide bonds. The number of rotatable bonds is 7. The van der Waals surface area contributed by atoms with Gasteiger partial charge >= 0.3 is 0 Å². The standard InChI is InChI=1S/C23H30ClN3O/c1-16(20-3-5-21(24)6-4-20)26-15-22(28)27(8-2-7-25)23-12-17-9-18(13-23)11-19(10-17)14-23/h3-6,16-19,26H,2,8-15H2,1H3/t16-,17?,18?,19?,23?/m1/s1. The first-order chi connectivity index (χ1) is 13.5. The summed E-state index contributed by atoms with van der Waals surface area (Å²) in [5.41, 5.74) is 1.13. The van der Waals surface area contributed by atoms with E-state index in [4.69, 9.17) is 16.9 Å². The van der Waals surface area contributed by atoms with Crippen LogP contribution in [0.4, 0.5) is 0 Å². The Labute approximate surface area is 173 Å². The topological polar surface area (TPSA) is 56.1 Å². The molecule has 0 unspecified atom stereocenters. The van der Waals surface area contributed by atoms with Gasteiger partial charge in [0.05, 0.1) is 19.0 Å². The molecule has 150 valence electrons. The number of hydrogen-bond acceptors (Lipinski definition) is 3. The zero-order valence-corrected chi connectivity index (χ0v) is 17.4. The van der Waals surface area contributed by atoms with E-state index in [2.05, 4.69) is 23.2 Å². The van der Waals surface area contributed by atoms with Crippen molar-refractivity contribution < 1.29 is 4.79 Å². The van der Waals surface area contributed by atoms with E-state index in [-0.39, 0.29) is 17.5 Å². The van der Waals surface area contributed by atoms with Gasteiger partial charge in [-0.1, -0.05) is 23.7 Å². The van der Waals surface area contributed by atoms with E-state index in [9.17, 15) is 4.79 Å². The maximum absolute atomic E-state index is 13.3. The molecule has 4 fully saturated rings. The lowest BCUT2D eigenvalue weighted by Gasteiger charge is -2.60. The molecule has 5 heteroatoms. The molecule has 1 N–H and O–H groups in total. The number of benzene rings is 1. The minimum absolute atomic E-state index is 0.00781. The van der Waals surface area contributed by atoms with E-state index < -0.39 is 0 Å². The van der Waals surface area contributed by atoms with Gasteiger partial charge in [0.25, 0.3) is 0 Å². The van der Waals surface area contributed by atoms with Gasteiger partial charge < -0.3 is 10.2 Å². The van der Waals surface area contributed by atoms with E-state index >= 15 is 0 Å².